The zero-order chi connectivity index (χ0) is 14.4. The lowest BCUT2D eigenvalue weighted by Gasteiger charge is -2.31. The third kappa shape index (κ3) is 3.89. The van der Waals surface area contributed by atoms with Gasteiger partial charge in [0.25, 0.3) is 0 Å². The van der Waals surface area contributed by atoms with Crippen LogP contribution < -0.4 is 0 Å². The largest absolute Gasteiger partial charge is 0.345 e. The van der Waals surface area contributed by atoms with Crippen LogP contribution in [0.4, 0.5) is 4.39 Å². The average molecular weight is 277 g/mol. The van der Waals surface area contributed by atoms with Gasteiger partial charge < -0.3 is 9.69 Å². The Balaban J connectivity index is 1.99. The number of aldehydes is 1. The van der Waals surface area contributed by atoms with Crippen molar-refractivity contribution in [2.75, 3.05) is 13.1 Å². The number of rotatable bonds is 6. The highest BCUT2D eigenvalue weighted by Crippen LogP contribution is 2.31. The number of nitrogens with zero attached hydrogens (tertiary/aromatic N) is 1. The van der Waals surface area contributed by atoms with E-state index in [2.05, 4.69) is 0 Å². The van der Waals surface area contributed by atoms with E-state index in [1.807, 2.05) is 6.07 Å². The van der Waals surface area contributed by atoms with Crippen LogP contribution in [-0.4, -0.2) is 30.7 Å². The van der Waals surface area contributed by atoms with Crippen molar-refractivity contribution in [2.24, 2.45) is 5.92 Å². The van der Waals surface area contributed by atoms with Gasteiger partial charge in [-0.05, 0) is 48.8 Å². The molecule has 4 heteroatoms. The van der Waals surface area contributed by atoms with Gasteiger partial charge >= 0.3 is 0 Å². The number of carbonyl (C=O) groups excluding carboxylic acids is 2. The van der Waals surface area contributed by atoms with Crippen molar-refractivity contribution in [1.82, 2.24) is 4.90 Å². The monoisotopic (exact) mass is 277 g/mol. The molecule has 1 aromatic rings. The van der Waals surface area contributed by atoms with Gasteiger partial charge in [-0.2, -0.15) is 0 Å². The van der Waals surface area contributed by atoms with Gasteiger partial charge in [-0.3, -0.25) is 4.79 Å². The minimum atomic E-state index is -0.255. The van der Waals surface area contributed by atoms with Crippen LogP contribution in [0.1, 0.15) is 37.2 Å². The van der Waals surface area contributed by atoms with Crippen molar-refractivity contribution >= 4 is 12.7 Å². The average Bonchev–Trinajstić information content (AvgIpc) is 2.47. The minimum absolute atomic E-state index is 0.0796. The SMILES string of the molecule is O=CCC(CC1CCN(C=O)CC1)c1cccc(F)c1. The Hall–Kier alpha value is -1.71. The molecule has 20 heavy (non-hydrogen) atoms. The Morgan fingerprint density at radius 1 is 1.30 bits per heavy atom. The molecule has 3 nitrogen and oxygen atoms in total. The third-order valence-electron chi connectivity index (χ3n) is 4.12. The molecule has 108 valence electrons. The maximum Gasteiger partial charge on any atom is 0.209 e. The summed E-state index contributed by atoms with van der Waals surface area (Å²) in [5.74, 6) is 0.324. The molecule has 1 aliphatic rings. The van der Waals surface area contributed by atoms with Crippen molar-refractivity contribution in [3.63, 3.8) is 0 Å². The van der Waals surface area contributed by atoms with Gasteiger partial charge in [-0.15, -0.1) is 0 Å². The van der Waals surface area contributed by atoms with Crippen molar-refractivity contribution in [2.45, 2.75) is 31.6 Å². The number of hydrogen-bond donors (Lipinski definition) is 0. The summed E-state index contributed by atoms with van der Waals surface area (Å²) in [6, 6.07) is 6.52. The lowest BCUT2D eigenvalue weighted by Crippen LogP contribution is -2.33. The number of benzene rings is 1. The summed E-state index contributed by atoms with van der Waals surface area (Å²) >= 11 is 0. The van der Waals surface area contributed by atoms with E-state index in [9.17, 15) is 14.0 Å². The fraction of sp³-hybridized carbons (Fsp3) is 0.500. The Morgan fingerprint density at radius 3 is 2.65 bits per heavy atom. The number of amides is 1. The molecule has 1 heterocycles. The van der Waals surface area contributed by atoms with Gasteiger partial charge in [-0.25, -0.2) is 4.39 Å². The summed E-state index contributed by atoms with van der Waals surface area (Å²) < 4.78 is 13.3. The molecule has 0 spiro atoms. The summed E-state index contributed by atoms with van der Waals surface area (Å²) in [5.41, 5.74) is 0.898. The highest BCUT2D eigenvalue weighted by atomic mass is 19.1. The number of piperidine rings is 1. The Bertz CT molecular complexity index is 456. The Kier molecular flexibility index (Phi) is 5.27. The maximum atomic E-state index is 13.3. The summed E-state index contributed by atoms with van der Waals surface area (Å²) in [5, 5.41) is 0. The van der Waals surface area contributed by atoms with Crippen LogP contribution in [0, 0.1) is 11.7 Å². The van der Waals surface area contributed by atoms with Gasteiger partial charge in [0.1, 0.15) is 12.1 Å². The first-order valence-corrected chi connectivity index (χ1v) is 7.11. The molecule has 0 radical (unpaired) electrons. The van der Waals surface area contributed by atoms with E-state index in [1.165, 1.54) is 12.1 Å². The van der Waals surface area contributed by atoms with Crippen LogP contribution in [0.3, 0.4) is 0 Å². The quantitative estimate of drug-likeness (QED) is 0.750. The zero-order valence-corrected chi connectivity index (χ0v) is 11.5. The molecule has 0 bridgehead atoms. The lowest BCUT2D eigenvalue weighted by molar-refractivity contribution is -0.119. The molecule has 1 fully saturated rings. The molecule has 0 aliphatic carbocycles. The van der Waals surface area contributed by atoms with E-state index in [-0.39, 0.29) is 11.7 Å². The normalized spacial score (nSPS) is 17.8. The summed E-state index contributed by atoms with van der Waals surface area (Å²) in [6.45, 7) is 1.57. The van der Waals surface area contributed by atoms with Crippen molar-refractivity contribution in [3.05, 3.63) is 35.6 Å². The Morgan fingerprint density at radius 2 is 2.05 bits per heavy atom. The first-order valence-electron chi connectivity index (χ1n) is 7.11. The molecule has 1 unspecified atom stereocenters. The highest BCUT2D eigenvalue weighted by molar-refractivity contribution is 5.51. The highest BCUT2D eigenvalue weighted by Gasteiger charge is 2.22. The molecule has 1 amide bonds. The van der Waals surface area contributed by atoms with Gasteiger partial charge in [-0.1, -0.05) is 12.1 Å². The fourth-order valence-corrected chi connectivity index (χ4v) is 2.94. The van der Waals surface area contributed by atoms with Gasteiger partial charge in [0.2, 0.25) is 6.41 Å². The van der Waals surface area contributed by atoms with E-state index in [4.69, 9.17) is 0 Å². The standard InChI is InChI=1S/C16H20FNO2/c17-16-3-1-2-14(11-16)15(6-9-19)10-13-4-7-18(12-20)8-5-13/h1-3,9,11-13,15H,4-8,10H2. The second-order valence-corrected chi connectivity index (χ2v) is 5.47. The second kappa shape index (κ2) is 7.17. The molecule has 2 rings (SSSR count). The van der Waals surface area contributed by atoms with Gasteiger partial charge in [0, 0.05) is 19.5 Å². The van der Waals surface area contributed by atoms with Crippen LogP contribution in [0.15, 0.2) is 24.3 Å². The van der Waals surface area contributed by atoms with E-state index in [0.29, 0.717) is 12.3 Å². The summed E-state index contributed by atoms with van der Waals surface area (Å²) in [7, 11) is 0. The summed E-state index contributed by atoms with van der Waals surface area (Å²) in [6.07, 6.45) is 5.04. The topological polar surface area (TPSA) is 37.4 Å². The molecule has 1 aromatic carbocycles. The number of carbonyl (C=O) groups is 2. The van der Waals surface area contributed by atoms with Crippen LogP contribution >= 0.6 is 0 Å². The Labute approximate surface area is 118 Å². The predicted octanol–water partition coefficient (Wildman–Crippen LogP) is 2.76. The van der Waals surface area contributed by atoms with E-state index < -0.39 is 0 Å². The third-order valence-corrected chi connectivity index (χ3v) is 4.12. The molecule has 0 N–H and O–H groups in total. The van der Waals surface area contributed by atoms with E-state index >= 15 is 0 Å². The molecular weight excluding hydrogens is 257 g/mol. The van der Waals surface area contributed by atoms with E-state index in [1.54, 1.807) is 11.0 Å². The predicted molar refractivity (Wildman–Crippen MR) is 74.8 cm³/mol. The number of likely N-dealkylation sites (tertiary alicyclic amines) is 1. The lowest BCUT2D eigenvalue weighted by atomic mass is 9.82. The minimum Gasteiger partial charge on any atom is -0.345 e. The molecule has 0 aromatic heterocycles. The first-order chi connectivity index (χ1) is 9.72. The molecule has 1 atom stereocenters. The fourth-order valence-electron chi connectivity index (χ4n) is 2.94. The first kappa shape index (κ1) is 14.7. The van der Waals surface area contributed by atoms with Crippen LogP contribution in [0.2, 0.25) is 0 Å². The summed E-state index contributed by atoms with van der Waals surface area (Å²) in [4.78, 5) is 23.3. The number of halogens is 1. The van der Waals surface area contributed by atoms with Crippen molar-refractivity contribution < 1.29 is 14.0 Å². The molecule has 1 aliphatic heterocycles. The molecule has 1 saturated heterocycles. The molecule has 0 saturated carbocycles. The zero-order valence-electron chi connectivity index (χ0n) is 11.5. The van der Waals surface area contributed by atoms with Crippen molar-refractivity contribution in [1.29, 1.82) is 0 Å². The second-order valence-electron chi connectivity index (χ2n) is 5.47. The number of hydrogen-bond acceptors (Lipinski definition) is 2. The van der Waals surface area contributed by atoms with Gasteiger partial charge in [0.15, 0.2) is 0 Å². The van der Waals surface area contributed by atoms with Crippen LogP contribution in [0.5, 0.6) is 0 Å². The van der Waals surface area contributed by atoms with Crippen LogP contribution in [-0.2, 0) is 9.59 Å². The van der Waals surface area contributed by atoms with E-state index in [0.717, 1.165) is 50.6 Å². The van der Waals surface area contributed by atoms with Crippen molar-refractivity contribution in [3.8, 4) is 0 Å². The van der Waals surface area contributed by atoms with Crippen LogP contribution in [0.25, 0.3) is 0 Å². The smallest absolute Gasteiger partial charge is 0.209 e. The maximum absolute atomic E-state index is 13.3. The van der Waals surface area contributed by atoms with Gasteiger partial charge in [0.05, 0.1) is 0 Å². The molecular formula is C16H20FNO2.